The topological polar surface area (TPSA) is 84.0 Å². The molecule has 0 spiro atoms. The SMILES string of the molecule is O=C(Nc1cnccc1-c1ccc(F)cc1Cl)c1ccnc(NC(=O)C2CC2)c1. The zero-order chi connectivity index (χ0) is 20.4. The third-order valence-corrected chi connectivity index (χ3v) is 4.82. The van der Waals surface area contributed by atoms with Crippen LogP contribution in [0.5, 0.6) is 0 Å². The highest BCUT2D eigenvalue weighted by Crippen LogP contribution is 2.33. The smallest absolute Gasteiger partial charge is 0.255 e. The fraction of sp³-hybridized carbons (Fsp3) is 0.143. The van der Waals surface area contributed by atoms with Crippen LogP contribution in [0.3, 0.4) is 0 Å². The van der Waals surface area contributed by atoms with E-state index < -0.39 is 11.7 Å². The van der Waals surface area contributed by atoms with Crippen molar-refractivity contribution in [3.05, 3.63) is 71.4 Å². The summed E-state index contributed by atoms with van der Waals surface area (Å²) in [6, 6.07) is 8.79. The van der Waals surface area contributed by atoms with E-state index in [9.17, 15) is 14.0 Å². The van der Waals surface area contributed by atoms with Gasteiger partial charge in [0.25, 0.3) is 5.91 Å². The summed E-state index contributed by atoms with van der Waals surface area (Å²) in [6.45, 7) is 0. The van der Waals surface area contributed by atoms with E-state index in [4.69, 9.17) is 11.6 Å². The lowest BCUT2D eigenvalue weighted by Gasteiger charge is -2.12. The predicted molar refractivity (Wildman–Crippen MR) is 108 cm³/mol. The Morgan fingerprint density at radius 1 is 1.03 bits per heavy atom. The van der Waals surface area contributed by atoms with Gasteiger partial charge in [-0.1, -0.05) is 11.6 Å². The largest absolute Gasteiger partial charge is 0.320 e. The quantitative estimate of drug-likeness (QED) is 0.647. The summed E-state index contributed by atoms with van der Waals surface area (Å²) in [6.07, 6.45) is 6.26. The minimum absolute atomic E-state index is 0.0349. The third-order valence-electron chi connectivity index (χ3n) is 4.51. The number of carbonyl (C=O) groups is 2. The monoisotopic (exact) mass is 410 g/mol. The molecule has 0 atom stereocenters. The van der Waals surface area contributed by atoms with Crippen LogP contribution in [0.25, 0.3) is 11.1 Å². The van der Waals surface area contributed by atoms with Crippen molar-refractivity contribution in [1.82, 2.24) is 9.97 Å². The van der Waals surface area contributed by atoms with Crippen molar-refractivity contribution in [2.45, 2.75) is 12.8 Å². The van der Waals surface area contributed by atoms with Gasteiger partial charge in [-0.05, 0) is 49.2 Å². The minimum Gasteiger partial charge on any atom is -0.320 e. The molecule has 0 saturated heterocycles. The maximum absolute atomic E-state index is 13.4. The molecule has 6 nitrogen and oxygen atoms in total. The van der Waals surface area contributed by atoms with Gasteiger partial charge in [-0.2, -0.15) is 0 Å². The highest BCUT2D eigenvalue weighted by Gasteiger charge is 2.29. The molecule has 1 aliphatic rings. The molecule has 0 unspecified atom stereocenters. The average molecular weight is 411 g/mol. The van der Waals surface area contributed by atoms with E-state index in [1.165, 1.54) is 30.6 Å². The second-order valence-corrected chi connectivity index (χ2v) is 7.10. The van der Waals surface area contributed by atoms with E-state index in [2.05, 4.69) is 20.6 Å². The molecular weight excluding hydrogens is 395 g/mol. The number of anilines is 2. The van der Waals surface area contributed by atoms with Gasteiger partial charge in [-0.15, -0.1) is 0 Å². The molecule has 3 aromatic rings. The Morgan fingerprint density at radius 2 is 1.86 bits per heavy atom. The molecule has 146 valence electrons. The van der Waals surface area contributed by atoms with Crippen molar-refractivity contribution in [2.75, 3.05) is 10.6 Å². The van der Waals surface area contributed by atoms with Crippen molar-refractivity contribution >= 4 is 34.9 Å². The first kappa shape index (κ1) is 19.0. The van der Waals surface area contributed by atoms with Crippen LogP contribution in [0.1, 0.15) is 23.2 Å². The van der Waals surface area contributed by atoms with Crippen LogP contribution in [0, 0.1) is 11.7 Å². The summed E-state index contributed by atoms with van der Waals surface area (Å²) in [7, 11) is 0. The van der Waals surface area contributed by atoms with E-state index >= 15 is 0 Å². The molecule has 2 heterocycles. The highest BCUT2D eigenvalue weighted by molar-refractivity contribution is 6.33. The Balaban J connectivity index is 1.57. The summed E-state index contributed by atoms with van der Waals surface area (Å²) in [5, 5.41) is 5.73. The number of pyridine rings is 2. The maximum atomic E-state index is 13.4. The zero-order valence-corrected chi connectivity index (χ0v) is 15.9. The number of amides is 2. The normalized spacial score (nSPS) is 13.0. The summed E-state index contributed by atoms with van der Waals surface area (Å²) < 4.78 is 13.4. The van der Waals surface area contributed by atoms with Crippen molar-refractivity contribution in [3.63, 3.8) is 0 Å². The van der Waals surface area contributed by atoms with Gasteiger partial charge < -0.3 is 10.6 Å². The van der Waals surface area contributed by atoms with Crippen LogP contribution in [0.4, 0.5) is 15.9 Å². The first-order valence-corrected chi connectivity index (χ1v) is 9.37. The van der Waals surface area contributed by atoms with Crippen molar-refractivity contribution < 1.29 is 14.0 Å². The number of hydrogen-bond donors (Lipinski definition) is 2. The molecule has 1 aromatic carbocycles. The standard InChI is InChI=1S/C21H16ClFN4O2/c22-17-10-14(23)3-4-15(17)16-6-7-24-11-18(16)26-21(29)13-5-8-25-19(9-13)27-20(28)12-1-2-12/h3-12H,1-2H2,(H,26,29)(H,25,27,28). The number of halogens is 2. The van der Waals surface area contributed by atoms with Gasteiger partial charge in [0.1, 0.15) is 11.6 Å². The third kappa shape index (κ3) is 4.41. The lowest BCUT2D eigenvalue weighted by Crippen LogP contribution is -2.16. The number of carbonyl (C=O) groups excluding carboxylic acids is 2. The number of aromatic nitrogens is 2. The number of benzene rings is 1. The van der Waals surface area contributed by atoms with E-state index in [-0.39, 0.29) is 16.8 Å². The summed E-state index contributed by atoms with van der Waals surface area (Å²) in [5.74, 6) is -0.580. The molecule has 4 rings (SSSR count). The van der Waals surface area contributed by atoms with Gasteiger partial charge in [0.2, 0.25) is 5.91 Å². The number of nitrogens with zero attached hydrogens (tertiary/aromatic N) is 2. The van der Waals surface area contributed by atoms with Gasteiger partial charge in [0.15, 0.2) is 0 Å². The second kappa shape index (κ2) is 7.97. The maximum Gasteiger partial charge on any atom is 0.255 e. The fourth-order valence-corrected chi connectivity index (χ4v) is 3.11. The van der Waals surface area contributed by atoms with Crippen molar-refractivity contribution in [3.8, 4) is 11.1 Å². The lowest BCUT2D eigenvalue weighted by molar-refractivity contribution is -0.117. The Hall–Kier alpha value is -3.32. The van der Waals surface area contributed by atoms with Crippen LogP contribution in [0.2, 0.25) is 5.02 Å². The van der Waals surface area contributed by atoms with Crippen LogP contribution < -0.4 is 10.6 Å². The molecule has 1 saturated carbocycles. The number of nitrogens with one attached hydrogen (secondary N) is 2. The number of hydrogen-bond acceptors (Lipinski definition) is 4. The Morgan fingerprint density at radius 3 is 2.62 bits per heavy atom. The van der Waals surface area contributed by atoms with Crippen LogP contribution in [0.15, 0.2) is 55.0 Å². The predicted octanol–water partition coefficient (Wildman–Crippen LogP) is 4.54. The first-order chi connectivity index (χ1) is 14.0. The minimum atomic E-state index is -0.448. The van der Waals surface area contributed by atoms with E-state index in [1.54, 1.807) is 24.4 Å². The zero-order valence-electron chi connectivity index (χ0n) is 15.2. The van der Waals surface area contributed by atoms with Crippen LogP contribution in [-0.2, 0) is 4.79 Å². The van der Waals surface area contributed by atoms with Gasteiger partial charge in [-0.25, -0.2) is 9.37 Å². The van der Waals surface area contributed by atoms with Crippen LogP contribution >= 0.6 is 11.6 Å². The molecule has 8 heteroatoms. The summed E-state index contributed by atoms with van der Waals surface area (Å²) >= 11 is 6.17. The molecule has 2 N–H and O–H groups in total. The van der Waals surface area contributed by atoms with E-state index in [0.29, 0.717) is 28.2 Å². The Labute approximate surface area is 171 Å². The van der Waals surface area contributed by atoms with Crippen LogP contribution in [-0.4, -0.2) is 21.8 Å². The van der Waals surface area contributed by atoms with Gasteiger partial charge >= 0.3 is 0 Å². The molecule has 0 aliphatic heterocycles. The molecule has 0 radical (unpaired) electrons. The van der Waals surface area contributed by atoms with Gasteiger partial charge in [0, 0.05) is 35.0 Å². The van der Waals surface area contributed by atoms with E-state index in [0.717, 1.165) is 12.8 Å². The molecule has 1 fully saturated rings. The van der Waals surface area contributed by atoms with Gasteiger partial charge in [0.05, 0.1) is 16.9 Å². The average Bonchev–Trinajstić information content (AvgIpc) is 3.54. The first-order valence-electron chi connectivity index (χ1n) is 8.99. The second-order valence-electron chi connectivity index (χ2n) is 6.69. The molecular formula is C21H16ClFN4O2. The molecule has 1 aliphatic carbocycles. The molecule has 2 amide bonds. The Bertz CT molecular complexity index is 1100. The van der Waals surface area contributed by atoms with Crippen molar-refractivity contribution in [1.29, 1.82) is 0 Å². The van der Waals surface area contributed by atoms with E-state index in [1.807, 2.05) is 0 Å². The summed E-state index contributed by atoms with van der Waals surface area (Å²) in [5.41, 5.74) is 1.92. The van der Waals surface area contributed by atoms with Crippen molar-refractivity contribution in [2.24, 2.45) is 5.92 Å². The molecule has 0 bridgehead atoms. The summed E-state index contributed by atoms with van der Waals surface area (Å²) in [4.78, 5) is 32.8. The molecule has 2 aromatic heterocycles. The highest BCUT2D eigenvalue weighted by atomic mass is 35.5. The number of rotatable bonds is 5. The van der Waals surface area contributed by atoms with Gasteiger partial charge in [-0.3, -0.25) is 14.6 Å². The Kier molecular flexibility index (Phi) is 5.22. The fourth-order valence-electron chi connectivity index (χ4n) is 2.85. The lowest BCUT2D eigenvalue weighted by atomic mass is 10.0. The molecule has 29 heavy (non-hydrogen) atoms.